The van der Waals surface area contributed by atoms with Crippen molar-refractivity contribution in [1.29, 1.82) is 0 Å². The van der Waals surface area contributed by atoms with Gasteiger partial charge in [0.15, 0.2) is 0 Å². The van der Waals surface area contributed by atoms with Crippen molar-refractivity contribution >= 4 is 23.8 Å². The summed E-state index contributed by atoms with van der Waals surface area (Å²) in [5.41, 5.74) is 5.28. The van der Waals surface area contributed by atoms with Crippen LogP contribution >= 0.6 is 0 Å². The highest BCUT2D eigenvalue weighted by Crippen LogP contribution is 1.87. The second kappa shape index (κ2) is 8.64. The van der Waals surface area contributed by atoms with E-state index in [0.29, 0.717) is 0 Å². The molecule has 0 aromatic rings. The molecule has 0 bridgehead atoms. The molecule has 2 atom stereocenters. The lowest BCUT2D eigenvalue weighted by Crippen LogP contribution is -2.52. The van der Waals surface area contributed by atoms with Gasteiger partial charge in [0.1, 0.15) is 6.04 Å². The van der Waals surface area contributed by atoms with E-state index in [4.69, 9.17) is 10.8 Å². The molecule has 20 heavy (non-hydrogen) atoms. The van der Waals surface area contributed by atoms with E-state index in [1.165, 1.54) is 6.92 Å². The van der Waals surface area contributed by atoms with Crippen LogP contribution in [0.5, 0.6) is 0 Å². The molecule has 5 N–H and O–H groups in total. The summed E-state index contributed by atoms with van der Waals surface area (Å²) in [7, 11) is 1.15. The van der Waals surface area contributed by atoms with Crippen molar-refractivity contribution in [2.24, 2.45) is 5.73 Å². The lowest BCUT2D eigenvalue weighted by atomic mass is 10.2. The molecule has 0 aliphatic heterocycles. The molecule has 0 saturated heterocycles. The average Bonchev–Trinajstić information content (AvgIpc) is 2.39. The van der Waals surface area contributed by atoms with Gasteiger partial charge in [-0.3, -0.25) is 9.59 Å². The predicted octanol–water partition coefficient (Wildman–Crippen LogP) is -2.25. The molecule has 112 valence electrons. The summed E-state index contributed by atoms with van der Waals surface area (Å²) in [6.07, 6.45) is 1.77. The number of rotatable bonds is 7. The first-order valence-electron chi connectivity index (χ1n) is 5.60. The Kier molecular flexibility index (Phi) is 7.60. The Labute approximate surface area is 115 Å². The highest BCUT2D eigenvalue weighted by Gasteiger charge is 2.21. The van der Waals surface area contributed by atoms with Crippen LogP contribution in [0.1, 0.15) is 6.92 Å². The Bertz CT molecular complexity index is 418. The van der Waals surface area contributed by atoms with Crippen molar-refractivity contribution in [2.45, 2.75) is 19.0 Å². The number of hydrogen-bond acceptors (Lipinski definition) is 6. The Morgan fingerprint density at radius 3 is 2.35 bits per heavy atom. The van der Waals surface area contributed by atoms with Gasteiger partial charge in [0.25, 0.3) is 0 Å². The zero-order valence-corrected chi connectivity index (χ0v) is 11.1. The van der Waals surface area contributed by atoms with Crippen LogP contribution in [-0.4, -0.2) is 54.6 Å². The van der Waals surface area contributed by atoms with E-state index in [1.54, 1.807) is 0 Å². The van der Waals surface area contributed by atoms with Gasteiger partial charge in [-0.15, -0.1) is 0 Å². The van der Waals surface area contributed by atoms with Crippen molar-refractivity contribution in [1.82, 2.24) is 10.6 Å². The molecule has 0 heterocycles. The molecular formula is C11H17N3O6. The number of amides is 2. The SMILES string of the molecule is COC(=O)/C=C/C(=O)NC[C@@H](NC(=O)[C@@H](C)N)C(=O)O. The Morgan fingerprint density at radius 1 is 1.30 bits per heavy atom. The molecule has 0 spiro atoms. The highest BCUT2D eigenvalue weighted by molar-refractivity contribution is 5.95. The number of hydrogen-bond donors (Lipinski definition) is 4. The number of carboxylic acids is 1. The first-order valence-corrected chi connectivity index (χ1v) is 5.60. The third-order valence-corrected chi connectivity index (χ3v) is 2.08. The van der Waals surface area contributed by atoms with Gasteiger partial charge in [0, 0.05) is 18.7 Å². The van der Waals surface area contributed by atoms with Crippen molar-refractivity contribution in [3.05, 3.63) is 12.2 Å². The zero-order chi connectivity index (χ0) is 15.7. The lowest BCUT2D eigenvalue weighted by Gasteiger charge is -2.16. The number of carboxylic acid groups (broad SMARTS) is 1. The Balaban J connectivity index is 4.38. The molecule has 2 amide bonds. The summed E-state index contributed by atoms with van der Waals surface area (Å²) < 4.78 is 4.27. The van der Waals surface area contributed by atoms with E-state index in [-0.39, 0.29) is 6.54 Å². The normalized spacial score (nSPS) is 13.3. The van der Waals surface area contributed by atoms with Gasteiger partial charge < -0.3 is 26.2 Å². The van der Waals surface area contributed by atoms with Gasteiger partial charge in [-0.25, -0.2) is 9.59 Å². The fourth-order valence-electron chi connectivity index (χ4n) is 0.977. The first kappa shape index (κ1) is 17.6. The fourth-order valence-corrected chi connectivity index (χ4v) is 0.977. The third-order valence-electron chi connectivity index (χ3n) is 2.08. The van der Waals surface area contributed by atoms with E-state index in [0.717, 1.165) is 19.3 Å². The number of nitrogens with one attached hydrogen (secondary N) is 2. The van der Waals surface area contributed by atoms with E-state index in [9.17, 15) is 19.2 Å². The summed E-state index contributed by atoms with van der Waals surface area (Å²) >= 11 is 0. The van der Waals surface area contributed by atoms with Gasteiger partial charge in [-0.2, -0.15) is 0 Å². The fraction of sp³-hybridized carbons (Fsp3) is 0.455. The van der Waals surface area contributed by atoms with Crippen molar-refractivity contribution in [3.8, 4) is 0 Å². The molecule has 0 saturated carbocycles. The maximum Gasteiger partial charge on any atom is 0.330 e. The Morgan fingerprint density at radius 2 is 1.90 bits per heavy atom. The van der Waals surface area contributed by atoms with Gasteiger partial charge in [0.05, 0.1) is 13.2 Å². The number of aliphatic carboxylic acids is 1. The van der Waals surface area contributed by atoms with Crippen molar-refractivity contribution in [3.63, 3.8) is 0 Å². The second-order valence-corrected chi connectivity index (χ2v) is 3.79. The summed E-state index contributed by atoms with van der Waals surface area (Å²) in [5.74, 6) is -3.40. The van der Waals surface area contributed by atoms with Crippen LogP contribution in [0.2, 0.25) is 0 Å². The molecule has 0 unspecified atom stereocenters. The maximum absolute atomic E-state index is 11.3. The highest BCUT2D eigenvalue weighted by atomic mass is 16.5. The second-order valence-electron chi connectivity index (χ2n) is 3.79. The first-order chi connectivity index (χ1) is 9.27. The van der Waals surface area contributed by atoms with Gasteiger partial charge >= 0.3 is 11.9 Å². The Hall–Kier alpha value is -2.42. The van der Waals surface area contributed by atoms with E-state index >= 15 is 0 Å². The summed E-state index contributed by atoms with van der Waals surface area (Å²) in [6, 6.07) is -2.18. The monoisotopic (exact) mass is 287 g/mol. The van der Waals surface area contributed by atoms with Crippen LogP contribution in [0, 0.1) is 0 Å². The number of ether oxygens (including phenoxy) is 1. The van der Waals surface area contributed by atoms with Crippen LogP contribution in [0.3, 0.4) is 0 Å². The smallest absolute Gasteiger partial charge is 0.330 e. The molecule has 0 rings (SSSR count). The topological polar surface area (TPSA) is 148 Å². The molecule has 9 nitrogen and oxygen atoms in total. The largest absolute Gasteiger partial charge is 0.480 e. The third kappa shape index (κ3) is 7.11. The van der Waals surface area contributed by atoms with Crippen molar-refractivity contribution in [2.75, 3.05) is 13.7 Å². The maximum atomic E-state index is 11.3. The molecule has 0 aromatic heterocycles. The minimum Gasteiger partial charge on any atom is -0.480 e. The van der Waals surface area contributed by atoms with E-state index in [2.05, 4.69) is 15.4 Å². The zero-order valence-electron chi connectivity index (χ0n) is 11.1. The predicted molar refractivity (Wildman–Crippen MR) is 67.4 cm³/mol. The van der Waals surface area contributed by atoms with Gasteiger partial charge in [-0.1, -0.05) is 0 Å². The molecular weight excluding hydrogens is 270 g/mol. The van der Waals surface area contributed by atoms with Crippen LogP contribution in [-0.2, 0) is 23.9 Å². The van der Waals surface area contributed by atoms with E-state index < -0.39 is 35.8 Å². The number of carbonyl (C=O) groups excluding carboxylic acids is 3. The quantitative estimate of drug-likeness (QED) is 0.305. The number of esters is 1. The molecule has 0 radical (unpaired) electrons. The number of nitrogens with two attached hydrogens (primary N) is 1. The number of methoxy groups -OCH3 is 1. The summed E-state index contributed by atoms with van der Waals surface area (Å²) in [4.78, 5) is 44.2. The number of carbonyl (C=O) groups is 4. The average molecular weight is 287 g/mol. The van der Waals surface area contributed by atoms with E-state index in [1.807, 2.05) is 0 Å². The minimum absolute atomic E-state index is 0.349. The lowest BCUT2D eigenvalue weighted by molar-refractivity contribution is -0.142. The van der Waals surface area contributed by atoms with Crippen LogP contribution in [0.4, 0.5) is 0 Å². The molecule has 0 aliphatic rings. The minimum atomic E-state index is -1.32. The van der Waals surface area contributed by atoms with Gasteiger partial charge in [-0.05, 0) is 6.92 Å². The standard InChI is InChI=1S/C11H17N3O6/c1-6(12)10(17)14-7(11(18)19)5-13-8(15)3-4-9(16)20-2/h3-4,6-7H,5,12H2,1-2H3,(H,13,15)(H,14,17)(H,18,19)/b4-3+/t6-,7-/m1/s1. The van der Waals surface area contributed by atoms with Crippen LogP contribution < -0.4 is 16.4 Å². The summed E-state index contributed by atoms with van der Waals surface area (Å²) in [5, 5.41) is 13.2. The summed E-state index contributed by atoms with van der Waals surface area (Å²) in [6.45, 7) is 1.05. The molecule has 9 heteroatoms. The molecule has 0 aromatic carbocycles. The molecule has 0 aliphatic carbocycles. The van der Waals surface area contributed by atoms with Gasteiger partial charge in [0.2, 0.25) is 11.8 Å². The molecule has 0 fully saturated rings. The van der Waals surface area contributed by atoms with Crippen LogP contribution in [0.25, 0.3) is 0 Å². The van der Waals surface area contributed by atoms with Crippen molar-refractivity contribution < 1.29 is 29.0 Å². The van der Waals surface area contributed by atoms with Crippen LogP contribution in [0.15, 0.2) is 12.2 Å².